The van der Waals surface area contributed by atoms with Gasteiger partial charge in [0, 0.05) is 38.5 Å². The van der Waals surface area contributed by atoms with Crippen LogP contribution in [0.15, 0.2) is 60.7 Å². The molecule has 11 nitrogen and oxygen atoms in total. The van der Waals surface area contributed by atoms with E-state index in [1.165, 1.54) is 11.0 Å². The topological polar surface area (TPSA) is 132 Å². The van der Waals surface area contributed by atoms with E-state index in [9.17, 15) is 19.2 Å². The fourth-order valence-corrected chi connectivity index (χ4v) is 5.00. The molecule has 240 valence electrons. The highest BCUT2D eigenvalue weighted by atomic mass is 16.5. The van der Waals surface area contributed by atoms with Gasteiger partial charge in [-0.25, -0.2) is 4.98 Å². The molecule has 0 saturated carbocycles. The van der Waals surface area contributed by atoms with E-state index in [4.69, 9.17) is 9.47 Å². The lowest BCUT2D eigenvalue weighted by molar-refractivity contribution is -0.142. The summed E-state index contributed by atoms with van der Waals surface area (Å²) in [5.74, 6) is -0.0761. The summed E-state index contributed by atoms with van der Waals surface area (Å²) in [4.78, 5) is 55.4. The molecule has 0 radical (unpaired) electrons. The van der Waals surface area contributed by atoms with Crippen LogP contribution in [0.5, 0.6) is 5.75 Å². The summed E-state index contributed by atoms with van der Waals surface area (Å²) in [5.41, 5.74) is 6.24. The number of aromatic nitrogens is 2. The monoisotopic (exact) mass is 625 g/mol. The molecular weight excluding hydrogens is 586 g/mol. The number of para-hydroxylation sites is 1. The summed E-state index contributed by atoms with van der Waals surface area (Å²) >= 11 is 0. The van der Waals surface area contributed by atoms with Crippen LogP contribution in [0.1, 0.15) is 45.4 Å². The smallest absolute Gasteiger partial charge is 0.313 e. The van der Waals surface area contributed by atoms with Gasteiger partial charge in [0.25, 0.3) is 5.91 Å². The van der Waals surface area contributed by atoms with Gasteiger partial charge in [-0.05, 0) is 79.4 Å². The Hall–Kier alpha value is -5.45. The number of likely N-dealkylation sites (N-methyl/N-ethyl adjacent to an activating group) is 1. The predicted molar refractivity (Wildman–Crippen MR) is 177 cm³/mol. The Morgan fingerprint density at radius 2 is 1.76 bits per heavy atom. The SMILES string of the molecule is CCOC(=O)Cc1nc2c(OCc3c(C)ccc(N(C)C(=O)CNC(=O)C=Cc4ccc(C(=O)NC)cc4)c3C)cccc2n1C. The van der Waals surface area contributed by atoms with Crippen molar-refractivity contribution in [3.05, 3.63) is 94.3 Å². The van der Waals surface area contributed by atoms with Gasteiger partial charge in [0.2, 0.25) is 11.8 Å². The average molecular weight is 626 g/mol. The van der Waals surface area contributed by atoms with Crippen LogP contribution in [-0.2, 0) is 39.2 Å². The van der Waals surface area contributed by atoms with Crippen molar-refractivity contribution in [2.75, 3.05) is 32.1 Å². The van der Waals surface area contributed by atoms with Gasteiger partial charge in [-0.15, -0.1) is 0 Å². The minimum Gasteiger partial charge on any atom is -0.487 e. The number of hydrogen-bond acceptors (Lipinski definition) is 7. The van der Waals surface area contributed by atoms with Crippen LogP contribution in [0.25, 0.3) is 17.1 Å². The van der Waals surface area contributed by atoms with Crippen molar-refractivity contribution in [2.24, 2.45) is 7.05 Å². The molecule has 4 rings (SSSR count). The largest absolute Gasteiger partial charge is 0.487 e. The van der Waals surface area contributed by atoms with Crippen molar-refractivity contribution in [1.29, 1.82) is 0 Å². The van der Waals surface area contributed by atoms with Gasteiger partial charge in [-0.3, -0.25) is 19.2 Å². The molecule has 2 N–H and O–H groups in total. The normalized spacial score (nSPS) is 11.0. The first-order valence-corrected chi connectivity index (χ1v) is 14.9. The number of benzene rings is 3. The van der Waals surface area contributed by atoms with Gasteiger partial charge in [0.1, 0.15) is 30.1 Å². The number of imidazole rings is 1. The lowest BCUT2D eigenvalue weighted by atomic mass is 10.0. The first-order chi connectivity index (χ1) is 22.0. The van der Waals surface area contributed by atoms with Gasteiger partial charge in [0.15, 0.2) is 0 Å². The molecule has 46 heavy (non-hydrogen) atoms. The third kappa shape index (κ3) is 7.79. The molecule has 1 heterocycles. The molecule has 0 bridgehead atoms. The van der Waals surface area contributed by atoms with Crippen molar-refractivity contribution in [2.45, 2.75) is 33.8 Å². The molecule has 0 spiro atoms. The van der Waals surface area contributed by atoms with E-state index in [1.807, 2.05) is 55.8 Å². The molecule has 0 atom stereocenters. The van der Waals surface area contributed by atoms with Gasteiger partial charge >= 0.3 is 5.97 Å². The van der Waals surface area contributed by atoms with E-state index in [1.54, 1.807) is 51.4 Å². The highest BCUT2D eigenvalue weighted by Gasteiger charge is 2.19. The number of aryl methyl sites for hydroxylation is 2. The molecule has 4 aromatic rings. The van der Waals surface area contributed by atoms with Crippen molar-refractivity contribution in [3.63, 3.8) is 0 Å². The Bertz CT molecular complexity index is 1790. The highest BCUT2D eigenvalue weighted by molar-refractivity contribution is 5.99. The molecule has 0 saturated heterocycles. The van der Waals surface area contributed by atoms with Gasteiger partial charge in [0.05, 0.1) is 18.7 Å². The first kappa shape index (κ1) is 33.4. The number of carbonyl (C=O) groups is 4. The highest BCUT2D eigenvalue weighted by Crippen LogP contribution is 2.30. The predicted octanol–water partition coefficient (Wildman–Crippen LogP) is 4.03. The molecule has 1 aromatic heterocycles. The van der Waals surface area contributed by atoms with E-state index in [0.717, 1.165) is 27.8 Å². The lowest BCUT2D eigenvalue weighted by Crippen LogP contribution is -2.38. The maximum Gasteiger partial charge on any atom is 0.313 e. The summed E-state index contributed by atoms with van der Waals surface area (Å²) in [6.45, 7) is 6.03. The third-order valence-electron chi connectivity index (χ3n) is 7.73. The standard InChI is InChI=1S/C35H39N5O6/c1-7-45-33(43)19-30-38-34-28(39(30)5)9-8-10-29(34)46-21-26-22(2)11-17-27(23(26)3)40(6)32(42)20-37-31(41)18-14-24-12-15-25(16-13-24)35(44)36-4/h8-18H,7,19-21H2,1-6H3,(H,36,44)(H,37,41). The van der Waals surface area contributed by atoms with E-state index in [-0.39, 0.29) is 37.4 Å². The lowest BCUT2D eigenvalue weighted by Gasteiger charge is -2.23. The van der Waals surface area contributed by atoms with Crippen LogP contribution >= 0.6 is 0 Å². The molecule has 0 fully saturated rings. The summed E-state index contributed by atoms with van der Waals surface area (Å²) < 4.78 is 13.2. The number of nitrogens with one attached hydrogen (secondary N) is 2. The van der Waals surface area contributed by atoms with Crippen molar-refractivity contribution < 1.29 is 28.7 Å². The molecule has 3 aromatic carbocycles. The van der Waals surface area contributed by atoms with Crippen LogP contribution in [0.4, 0.5) is 5.69 Å². The zero-order chi connectivity index (χ0) is 33.4. The number of fused-ring (bicyclic) bond motifs is 1. The second-order valence-electron chi connectivity index (χ2n) is 10.7. The maximum absolute atomic E-state index is 13.1. The van der Waals surface area contributed by atoms with Gasteiger partial charge in [-0.2, -0.15) is 0 Å². The number of ether oxygens (including phenoxy) is 2. The Morgan fingerprint density at radius 1 is 1.02 bits per heavy atom. The second-order valence-corrected chi connectivity index (χ2v) is 10.7. The maximum atomic E-state index is 13.1. The second kappa shape index (κ2) is 15.0. The fourth-order valence-electron chi connectivity index (χ4n) is 5.00. The zero-order valence-corrected chi connectivity index (χ0v) is 27.0. The summed E-state index contributed by atoms with van der Waals surface area (Å²) in [6.07, 6.45) is 3.01. The molecule has 0 unspecified atom stereocenters. The Kier molecular flexibility index (Phi) is 10.9. The van der Waals surface area contributed by atoms with Crippen molar-refractivity contribution in [3.8, 4) is 5.75 Å². The number of rotatable bonds is 12. The summed E-state index contributed by atoms with van der Waals surface area (Å²) in [7, 11) is 5.08. The quantitative estimate of drug-likeness (QED) is 0.180. The Balaban J connectivity index is 1.41. The van der Waals surface area contributed by atoms with Gasteiger partial charge < -0.3 is 29.6 Å². The molecular formula is C35H39N5O6. The number of hydrogen-bond donors (Lipinski definition) is 2. The van der Waals surface area contributed by atoms with Crippen LogP contribution in [-0.4, -0.2) is 60.5 Å². The third-order valence-corrected chi connectivity index (χ3v) is 7.73. The van der Waals surface area contributed by atoms with E-state index < -0.39 is 5.91 Å². The number of amides is 3. The first-order valence-electron chi connectivity index (χ1n) is 14.9. The minimum absolute atomic E-state index is 0.0595. The molecule has 0 aliphatic heterocycles. The fraction of sp³-hybridized carbons (Fsp3) is 0.286. The van der Waals surface area contributed by atoms with Crippen LogP contribution in [0.2, 0.25) is 0 Å². The molecule has 0 aliphatic rings. The van der Waals surface area contributed by atoms with Gasteiger partial charge in [-0.1, -0.05) is 24.3 Å². The zero-order valence-electron chi connectivity index (χ0n) is 27.0. The Labute approximate surface area is 268 Å². The molecule has 0 aliphatic carbocycles. The van der Waals surface area contributed by atoms with E-state index >= 15 is 0 Å². The van der Waals surface area contributed by atoms with Crippen LogP contribution in [0, 0.1) is 13.8 Å². The minimum atomic E-state index is -0.416. The van der Waals surface area contributed by atoms with E-state index in [0.29, 0.717) is 34.9 Å². The number of nitrogens with zero attached hydrogens (tertiary/aromatic N) is 3. The summed E-state index contributed by atoms with van der Waals surface area (Å²) in [5, 5.41) is 5.19. The number of anilines is 1. The molecule has 3 amide bonds. The Morgan fingerprint density at radius 3 is 2.46 bits per heavy atom. The average Bonchev–Trinajstić information content (AvgIpc) is 3.37. The number of carbonyl (C=O) groups excluding carboxylic acids is 4. The van der Waals surface area contributed by atoms with Crippen molar-refractivity contribution in [1.82, 2.24) is 20.2 Å². The van der Waals surface area contributed by atoms with E-state index in [2.05, 4.69) is 15.6 Å². The number of esters is 1. The summed E-state index contributed by atoms with van der Waals surface area (Å²) in [6, 6.07) is 16.2. The van der Waals surface area contributed by atoms with Crippen LogP contribution in [0.3, 0.4) is 0 Å². The molecule has 11 heteroatoms. The van der Waals surface area contributed by atoms with Crippen molar-refractivity contribution >= 4 is 46.5 Å². The van der Waals surface area contributed by atoms with Crippen LogP contribution < -0.4 is 20.3 Å².